The summed E-state index contributed by atoms with van der Waals surface area (Å²) in [5, 5.41) is 0. The number of hydrogen-bond acceptors (Lipinski definition) is 4. The van der Waals surface area contributed by atoms with E-state index in [9.17, 15) is 4.39 Å². The predicted octanol–water partition coefficient (Wildman–Crippen LogP) is 3.98. The lowest BCUT2D eigenvalue weighted by molar-refractivity contribution is 0.289. The molecule has 0 aliphatic carbocycles. The van der Waals surface area contributed by atoms with Crippen molar-refractivity contribution in [2.45, 2.75) is 11.8 Å². The number of hydrogen-bond donors (Lipinski definition) is 1. The third kappa shape index (κ3) is 4.86. The van der Waals surface area contributed by atoms with Gasteiger partial charge in [0.2, 0.25) is 0 Å². The van der Waals surface area contributed by atoms with E-state index < -0.39 is 0 Å². The molecule has 112 valence electrons. The van der Waals surface area contributed by atoms with Crippen LogP contribution in [0.15, 0.2) is 47.4 Å². The maximum absolute atomic E-state index is 13.2. The highest BCUT2D eigenvalue weighted by Crippen LogP contribution is 2.27. The first-order valence-corrected chi connectivity index (χ1v) is 7.71. The fourth-order valence-electron chi connectivity index (χ4n) is 1.82. The van der Waals surface area contributed by atoms with Gasteiger partial charge in [-0.1, -0.05) is 12.1 Å². The molecule has 21 heavy (non-hydrogen) atoms. The van der Waals surface area contributed by atoms with Gasteiger partial charge >= 0.3 is 0 Å². The number of thioether (sulfide) groups is 1. The molecular formula is C16H18FNO2S. The molecule has 0 bridgehead atoms. The normalized spacial score (nSPS) is 10.4. The highest BCUT2D eigenvalue weighted by atomic mass is 32.2. The molecule has 2 aromatic carbocycles. The van der Waals surface area contributed by atoms with Gasteiger partial charge in [0.05, 0.1) is 13.2 Å². The smallest absolute Gasteiger partial charge is 0.161 e. The molecule has 0 heterocycles. The van der Waals surface area contributed by atoms with Crippen LogP contribution in [-0.4, -0.2) is 19.0 Å². The molecule has 0 atom stereocenters. The van der Waals surface area contributed by atoms with Crippen LogP contribution in [0.5, 0.6) is 11.5 Å². The van der Waals surface area contributed by atoms with E-state index in [1.807, 2.05) is 31.2 Å². The second-order valence-electron chi connectivity index (χ2n) is 4.30. The Morgan fingerprint density at radius 3 is 2.48 bits per heavy atom. The van der Waals surface area contributed by atoms with E-state index in [0.29, 0.717) is 24.7 Å². The van der Waals surface area contributed by atoms with Gasteiger partial charge in [0.25, 0.3) is 0 Å². The van der Waals surface area contributed by atoms with Crippen molar-refractivity contribution in [1.29, 1.82) is 0 Å². The molecule has 0 aromatic heterocycles. The van der Waals surface area contributed by atoms with E-state index in [-0.39, 0.29) is 5.82 Å². The molecule has 0 saturated carbocycles. The topological polar surface area (TPSA) is 44.5 Å². The van der Waals surface area contributed by atoms with Crippen molar-refractivity contribution in [2.75, 3.05) is 24.7 Å². The van der Waals surface area contributed by atoms with Crippen LogP contribution in [0.1, 0.15) is 6.92 Å². The van der Waals surface area contributed by atoms with Crippen molar-refractivity contribution in [3.63, 3.8) is 0 Å². The highest BCUT2D eigenvalue weighted by molar-refractivity contribution is 7.99. The van der Waals surface area contributed by atoms with Gasteiger partial charge in [-0.05, 0) is 37.3 Å². The quantitative estimate of drug-likeness (QED) is 0.477. The van der Waals surface area contributed by atoms with Crippen molar-refractivity contribution >= 4 is 17.4 Å². The SMILES string of the molecule is CCOc1ccccc1OCCSc1cc(N)cc(F)c1. The predicted molar refractivity (Wildman–Crippen MR) is 84.6 cm³/mol. The second-order valence-corrected chi connectivity index (χ2v) is 5.47. The molecule has 2 aromatic rings. The summed E-state index contributed by atoms with van der Waals surface area (Å²) in [7, 11) is 0. The van der Waals surface area contributed by atoms with Gasteiger partial charge in [-0.15, -0.1) is 11.8 Å². The summed E-state index contributed by atoms with van der Waals surface area (Å²) < 4.78 is 24.4. The van der Waals surface area contributed by atoms with Crippen LogP contribution in [0.25, 0.3) is 0 Å². The first-order chi connectivity index (χ1) is 10.2. The summed E-state index contributed by atoms with van der Waals surface area (Å²) in [5.41, 5.74) is 6.04. The Bertz CT molecular complexity index is 572. The number of para-hydroxylation sites is 2. The maximum Gasteiger partial charge on any atom is 0.161 e. The Morgan fingerprint density at radius 1 is 1.10 bits per heavy atom. The number of rotatable bonds is 7. The van der Waals surface area contributed by atoms with E-state index in [1.54, 1.807) is 6.07 Å². The fraction of sp³-hybridized carbons (Fsp3) is 0.250. The molecule has 3 nitrogen and oxygen atoms in total. The minimum absolute atomic E-state index is 0.319. The Kier molecular flexibility index (Phi) is 5.75. The molecule has 0 fully saturated rings. The van der Waals surface area contributed by atoms with Crippen molar-refractivity contribution < 1.29 is 13.9 Å². The Hall–Kier alpha value is -1.88. The van der Waals surface area contributed by atoms with Crippen LogP contribution in [0.3, 0.4) is 0 Å². The summed E-state index contributed by atoms with van der Waals surface area (Å²) in [6.07, 6.45) is 0. The number of nitrogens with two attached hydrogens (primary N) is 1. The Balaban J connectivity index is 1.84. The van der Waals surface area contributed by atoms with Crippen LogP contribution in [0.2, 0.25) is 0 Å². The summed E-state index contributed by atoms with van der Waals surface area (Å²) >= 11 is 1.50. The zero-order valence-electron chi connectivity index (χ0n) is 11.8. The van der Waals surface area contributed by atoms with Crippen molar-refractivity contribution in [3.8, 4) is 11.5 Å². The molecule has 0 spiro atoms. The Morgan fingerprint density at radius 2 is 1.81 bits per heavy atom. The van der Waals surface area contributed by atoms with Crippen LogP contribution < -0.4 is 15.2 Å². The first kappa shape index (κ1) is 15.5. The number of nitrogen functional groups attached to an aromatic ring is 1. The van der Waals surface area contributed by atoms with E-state index in [4.69, 9.17) is 15.2 Å². The molecule has 2 rings (SSSR count). The standard InChI is InChI=1S/C16H18FNO2S/c1-2-19-15-5-3-4-6-16(15)20-7-8-21-14-10-12(17)9-13(18)11-14/h3-6,9-11H,2,7-8,18H2,1H3. The average molecular weight is 307 g/mol. The van der Waals surface area contributed by atoms with E-state index in [1.165, 1.54) is 23.9 Å². The summed E-state index contributed by atoms with van der Waals surface area (Å²) in [5.74, 6) is 1.84. The van der Waals surface area contributed by atoms with E-state index >= 15 is 0 Å². The molecule has 5 heteroatoms. The number of anilines is 1. The highest BCUT2D eigenvalue weighted by Gasteiger charge is 2.04. The lowest BCUT2D eigenvalue weighted by Gasteiger charge is -2.11. The average Bonchev–Trinajstić information content (AvgIpc) is 2.44. The molecule has 0 unspecified atom stereocenters. The molecule has 0 amide bonds. The lowest BCUT2D eigenvalue weighted by atomic mass is 10.3. The molecule has 0 aliphatic heterocycles. The van der Waals surface area contributed by atoms with Crippen molar-refractivity contribution in [3.05, 3.63) is 48.3 Å². The minimum Gasteiger partial charge on any atom is -0.490 e. The first-order valence-electron chi connectivity index (χ1n) is 6.72. The van der Waals surface area contributed by atoms with Crippen LogP contribution >= 0.6 is 11.8 Å². The van der Waals surface area contributed by atoms with Gasteiger partial charge < -0.3 is 15.2 Å². The largest absolute Gasteiger partial charge is 0.490 e. The molecule has 2 N–H and O–H groups in total. The van der Waals surface area contributed by atoms with E-state index in [0.717, 1.165) is 16.4 Å². The summed E-state index contributed by atoms with van der Waals surface area (Å²) in [4.78, 5) is 0.800. The number of halogens is 1. The van der Waals surface area contributed by atoms with E-state index in [2.05, 4.69) is 0 Å². The third-order valence-electron chi connectivity index (χ3n) is 2.65. The summed E-state index contributed by atoms with van der Waals surface area (Å²) in [6, 6.07) is 12.1. The van der Waals surface area contributed by atoms with Gasteiger partial charge in [-0.2, -0.15) is 0 Å². The van der Waals surface area contributed by atoms with Crippen molar-refractivity contribution in [1.82, 2.24) is 0 Å². The molecule has 0 saturated heterocycles. The summed E-state index contributed by atoms with van der Waals surface area (Å²) in [6.45, 7) is 3.03. The minimum atomic E-state index is -0.319. The monoisotopic (exact) mass is 307 g/mol. The zero-order valence-corrected chi connectivity index (χ0v) is 12.7. The van der Waals surface area contributed by atoms with Crippen LogP contribution in [0.4, 0.5) is 10.1 Å². The number of ether oxygens (including phenoxy) is 2. The molecule has 0 radical (unpaired) electrons. The number of benzene rings is 2. The lowest BCUT2D eigenvalue weighted by Crippen LogP contribution is -2.02. The van der Waals surface area contributed by atoms with Gasteiger partial charge in [0.1, 0.15) is 5.82 Å². The van der Waals surface area contributed by atoms with Crippen LogP contribution in [-0.2, 0) is 0 Å². The van der Waals surface area contributed by atoms with Gasteiger partial charge in [-0.25, -0.2) is 4.39 Å². The molecular weight excluding hydrogens is 289 g/mol. The Labute approximate surface area is 128 Å². The third-order valence-corrected chi connectivity index (χ3v) is 3.59. The maximum atomic E-state index is 13.2. The fourth-order valence-corrected chi connectivity index (χ4v) is 2.64. The second kappa shape index (κ2) is 7.78. The van der Waals surface area contributed by atoms with Crippen LogP contribution in [0, 0.1) is 5.82 Å². The van der Waals surface area contributed by atoms with Gasteiger partial charge in [0, 0.05) is 16.3 Å². The van der Waals surface area contributed by atoms with Crippen molar-refractivity contribution in [2.24, 2.45) is 0 Å². The van der Waals surface area contributed by atoms with Gasteiger partial charge in [-0.3, -0.25) is 0 Å². The molecule has 0 aliphatic rings. The zero-order chi connectivity index (χ0) is 15.1. The van der Waals surface area contributed by atoms with Gasteiger partial charge in [0.15, 0.2) is 11.5 Å².